The van der Waals surface area contributed by atoms with Crippen LogP contribution in [0.3, 0.4) is 0 Å². The van der Waals surface area contributed by atoms with Crippen LogP contribution in [0.4, 0.5) is 0 Å². The monoisotopic (exact) mass is 503 g/mol. The summed E-state index contributed by atoms with van der Waals surface area (Å²) in [6, 6.07) is 13.3. The highest BCUT2D eigenvalue weighted by molar-refractivity contribution is 7.93. The summed E-state index contributed by atoms with van der Waals surface area (Å²) in [6.45, 7) is 12.7. The second-order valence-electron chi connectivity index (χ2n) is 10.9. The average Bonchev–Trinajstić information content (AvgIpc) is 3.00. The van der Waals surface area contributed by atoms with Crippen LogP contribution in [0, 0.1) is 5.41 Å². The molecular formula is C27H34ClNO4S. The zero-order chi connectivity index (χ0) is 25.6. The summed E-state index contributed by atoms with van der Waals surface area (Å²) in [6.07, 6.45) is 0.0587. The number of nitrogens with zero attached hydrogens (tertiary/aromatic N) is 1. The summed E-state index contributed by atoms with van der Waals surface area (Å²) in [4.78, 5) is 12.3. The van der Waals surface area contributed by atoms with Gasteiger partial charge in [-0.05, 0) is 69.9 Å². The highest BCUT2D eigenvalue weighted by Crippen LogP contribution is 2.40. The van der Waals surface area contributed by atoms with Crippen molar-refractivity contribution in [3.8, 4) is 0 Å². The van der Waals surface area contributed by atoms with Gasteiger partial charge in [0.15, 0.2) is 9.84 Å². The normalized spacial score (nSPS) is 13.1. The Kier molecular flexibility index (Phi) is 7.00. The smallest absolute Gasteiger partial charge is 0.309 e. The largest absolute Gasteiger partial charge is 0.481 e. The molecule has 0 saturated heterocycles. The molecule has 0 aliphatic rings. The third-order valence-electron chi connectivity index (χ3n) is 6.36. The second-order valence-corrected chi connectivity index (χ2v) is 13.9. The number of aliphatic carboxylic acids is 1. The average molecular weight is 504 g/mol. The molecule has 0 radical (unpaired) electrons. The first-order chi connectivity index (χ1) is 15.6. The van der Waals surface area contributed by atoms with Crippen LogP contribution in [0.1, 0.15) is 71.2 Å². The summed E-state index contributed by atoms with van der Waals surface area (Å²) in [5.41, 5.74) is 1.94. The van der Waals surface area contributed by atoms with Gasteiger partial charge < -0.3 is 9.67 Å². The van der Waals surface area contributed by atoms with E-state index < -0.39 is 26.0 Å². The van der Waals surface area contributed by atoms with Crippen LogP contribution < -0.4 is 0 Å². The molecule has 0 fully saturated rings. The molecule has 34 heavy (non-hydrogen) atoms. The van der Waals surface area contributed by atoms with Crippen LogP contribution in [-0.2, 0) is 27.6 Å². The lowest BCUT2D eigenvalue weighted by Crippen LogP contribution is -2.32. The fraction of sp³-hybridized carbons (Fsp3) is 0.444. The molecule has 0 unspecified atom stereocenters. The lowest BCUT2D eigenvalue weighted by Gasteiger charge is -2.25. The number of rotatable bonds is 7. The summed E-state index contributed by atoms with van der Waals surface area (Å²) in [5.74, 6) is -0.774. The van der Waals surface area contributed by atoms with Gasteiger partial charge >= 0.3 is 5.97 Å². The van der Waals surface area contributed by atoms with Gasteiger partial charge in [0, 0.05) is 34.6 Å². The third-order valence-corrected chi connectivity index (χ3v) is 9.33. The van der Waals surface area contributed by atoms with E-state index in [0.29, 0.717) is 22.6 Å². The van der Waals surface area contributed by atoms with E-state index in [-0.39, 0.29) is 17.2 Å². The van der Waals surface area contributed by atoms with Crippen molar-refractivity contribution in [2.24, 2.45) is 5.41 Å². The van der Waals surface area contributed by atoms with Gasteiger partial charge in [0.25, 0.3) is 0 Å². The van der Waals surface area contributed by atoms with Crippen LogP contribution in [0.2, 0.25) is 5.02 Å². The summed E-state index contributed by atoms with van der Waals surface area (Å²) in [7, 11) is -3.80. The van der Waals surface area contributed by atoms with Crippen molar-refractivity contribution in [3.63, 3.8) is 0 Å². The minimum Gasteiger partial charge on any atom is -0.481 e. The highest BCUT2D eigenvalue weighted by atomic mass is 35.5. The molecule has 184 valence electrons. The van der Waals surface area contributed by atoms with Crippen LogP contribution in [0.25, 0.3) is 10.9 Å². The first-order valence-electron chi connectivity index (χ1n) is 11.4. The van der Waals surface area contributed by atoms with Crippen LogP contribution in [-0.4, -0.2) is 28.8 Å². The molecule has 0 bridgehead atoms. The van der Waals surface area contributed by atoms with E-state index >= 15 is 0 Å². The van der Waals surface area contributed by atoms with Crippen LogP contribution in [0.15, 0.2) is 47.4 Å². The van der Waals surface area contributed by atoms with E-state index in [9.17, 15) is 18.3 Å². The number of hydrogen-bond acceptors (Lipinski definition) is 3. The van der Waals surface area contributed by atoms with E-state index in [4.69, 9.17) is 11.6 Å². The third kappa shape index (κ3) is 4.76. The molecule has 0 amide bonds. The number of fused-ring (bicyclic) bond motifs is 1. The van der Waals surface area contributed by atoms with Gasteiger partial charge in [0.05, 0.1) is 15.1 Å². The Morgan fingerprint density at radius 1 is 1.06 bits per heavy atom. The van der Waals surface area contributed by atoms with Gasteiger partial charge in [-0.15, -0.1) is 0 Å². The van der Waals surface area contributed by atoms with Gasteiger partial charge in [-0.2, -0.15) is 0 Å². The molecule has 1 aromatic heterocycles. The Labute approximate surface area is 207 Å². The highest BCUT2D eigenvalue weighted by Gasteiger charge is 2.39. The topological polar surface area (TPSA) is 76.4 Å². The zero-order valence-corrected chi connectivity index (χ0v) is 22.5. The molecule has 0 aliphatic heterocycles. The summed E-state index contributed by atoms with van der Waals surface area (Å²) >= 11 is 6.47. The second kappa shape index (κ2) is 9.04. The molecule has 1 heterocycles. The van der Waals surface area contributed by atoms with Crippen molar-refractivity contribution in [1.29, 1.82) is 0 Å². The fourth-order valence-corrected chi connectivity index (χ4v) is 5.76. The fourth-order valence-electron chi connectivity index (χ4n) is 4.01. The Morgan fingerprint density at radius 3 is 2.21 bits per heavy atom. The molecule has 5 nitrogen and oxygen atoms in total. The van der Waals surface area contributed by atoms with Gasteiger partial charge in [0.1, 0.15) is 0 Å². The molecule has 0 aliphatic carbocycles. The van der Waals surface area contributed by atoms with Gasteiger partial charge in [-0.1, -0.05) is 49.7 Å². The number of aromatic nitrogens is 1. The lowest BCUT2D eigenvalue weighted by atomic mass is 9.88. The zero-order valence-electron chi connectivity index (χ0n) is 20.9. The SMILES string of the molecule is CC(C)c1ccc2c(c1)c(S(=O)(=O)C(C)(C)C)c(CC(C)(C)C(=O)O)n2Cc1ccccc1Cl. The van der Waals surface area contributed by atoms with Gasteiger partial charge in [-0.3, -0.25) is 4.79 Å². The Hall–Kier alpha value is -2.31. The van der Waals surface area contributed by atoms with Gasteiger partial charge in [-0.25, -0.2) is 8.42 Å². The number of carboxylic acids is 1. The Bertz CT molecular complexity index is 1340. The molecule has 7 heteroatoms. The van der Waals surface area contributed by atoms with E-state index in [0.717, 1.165) is 16.6 Å². The van der Waals surface area contributed by atoms with E-state index in [2.05, 4.69) is 13.8 Å². The summed E-state index contributed by atoms with van der Waals surface area (Å²) in [5, 5.41) is 11.1. The van der Waals surface area contributed by atoms with E-state index in [1.54, 1.807) is 40.7 Å². The number of carbonyl (C=O) groups is 1. The molecule has 0 spiro atoms. The standard InChI is InChI=1S/C27H34ClNO4S/c1-17(2)18-12-13-22-20(14-18)24(34(32,33)26(3,4)5)23(15-27(6,7)25(30)31)29(22)16-19-10-8-9-11-21(19)28/h8-14,17H,15-16H2,1-7H3,(H,30,31). The molecule has 3 rings (SSSR count). The van der Waals surface area contributed by atoms with Crippen molar-refractivity contribution >= 4 is 38.3 Å². The maximum absolute atomic E-state index is 14.0. The molecule has 0 atom stereocenters. The van der Waals surface area contributed by atoms with Crippen molar-refractivity contribution < 1.29 is 18.3 Å². The lowest BCUT2D eigenvalue weighted by molar-refractivity contribution is -0.146. The molecular weight excluding hydrogens is 470 g/mol. The molecule has 2 aromatic carbocycles. The number of halogens is 1. The Balaban J connectivity index is 2.48. The number of carboxylic acid groups (broad SMARTS) is 1. The summed E-state index contributed by atoms with van der Waals surface area (Å²) < 4.78 is 28.8. The maximum Gasteiger partial charge on any atom is 0.309 e. The quantitative estimate of drug-likeness (QED) is 0.389. The van der Waals surface area contributed by atoms with Crippen molar-refractivity contribution in [2.75, 3.05) is 0 Å². The minimum atomic E-state index is -3.80. The van der Waals surface area contributed by atoms with Gasteiger partial charge in [0.2, 0.25) is 0 Å². The van der Waals surface area contributed by atoms with Crippen molar-refractivity contribution in [1.82, 2.24) is 4.57 Å². The van der Waals surface area contributed by atoms with E-state index in [1.807, 2.05) is 41.0 Å². The predicted molar refractivity (Wildman–Crippen MR) is 139 cm³/mol. The Morgan fingerprint density at radius 2 is 1.68 bits per heavy atom. The van der Waals surface area contributed by atoms with Crippen LogP contribution in [0.5, 0.6) is 0 Å². The first-order valence-corrected chi connectivity index (χ1v) is 13.3. The number of hydrogen-bond donors (Lipinski definition) is 1. The number of sulfone groups is 1. The number of benzene rings is 2. The molecule has 0 saturated carbocycles. The van der Waals surface area contributed by atoms with Crippen molar-refractivity contribution in [3.05, 3.63) is 64.3 Å². The van der Waals surface area contributed by atoms with Crippen molar-refractivity contribution in [2.45, 2.75) is 77.0 Å². The maximum atomic E-state index is 14.0. The first kappa shape index (κ1) is 26.3. The predicted octanol–water partition coefficient (Wildman–Crippen LogP) is 6.69. The molecule has 3 aromatic rings. The molecule has 1 N–H and O–H groups in total. The van der Waals surface area contributed by atoms with E-state index in [1.165, 1.54) is 0 Å². The van der Waals surface area contributed by atoms with Crippen LogP contribution >= 0.6 is 11.6 Å². The minimum absolute atomic E-state index is 0.0587.